The number of hydrogen-bond acceptors (Lipinski definition) is 6. The summed E-state index contributed by atoms with van der Waals surface area (Å²) < 4.78 is 1.81. The lowest BCUT2D eigenvalue weighted by Crippen LogP contribution is -2.50. The highest BCUT2D eigenvalue weighted by Crippen LogP contribution is 2.26. The molecular formula is C15H28N6O2. The zero-order chi connectivity index (χ0) is 17.3. The minimum absolute atomic E-state index is 0.0473. The van der Waals surface area contributed by atoms with Crippen molar-refractivity contribution in [3.63, 3.8) is 0 Å². The number of piperidine rings is 1. The highest BCUT2D eigenvalue weighted by molar-refractivity contribution is 5.76. The summed E-state index contributed by atoms with van der Waals surface area (Å²) in [5.74, 6) is 0.731. The maximum absolute atomic E-state index is 11.9. The standard InChI is InChI=1S/C15H28N6O2/c1-14(2,3)21-12(16-17-18-21)10-20-8-6-7-15(23,11-20)9-13(22)19(4)5/h23H,6-11H2,1-5H3. The molecule has 0 spiro atoms. The molecule has 1 atom stereocenters. The summed E-state index contributed by atoms with van der Waals surface area (Å²) in [6, 6.07) is 0. The second kappa shape index (κ2) is 6.52. The number of tetrazole rings is 1. The molecular weight excluding hydrogens is 296 g/mol. The third-order valence-electron chi connectivity index (χ3n) is 4.15. The number of aromatic nitrogens is 4. The van der Waals surface area contributed by atoms with Crippen LogP contribution in [0.1, 0.15) is 45.9 Å². The zero-order valence-corrected chi connectivity index (χ0v) is 14.8. The monoisotopic (exact) mass is 324 g/mol. The van der Waals surface area contributed by atoms with Crippen molar-refractivity contribution in [3.8, 4) is 0 Å². The summed E-state index contributed by atoms with van der Waals surface area (Å²) in [5.41, 5.74) is -1.16. The molecule has 0 saturated carbocycles. The van der Waals surface area contributed by atoms with E-state index in [2.05, 4.69) is 41.2 Å². The molecule has 2 heterocycles. The molecule has 1 fully saturated rings. The Kier molecular flexibility index (Phi) is 5.05. The fourth-order valence-corrected chi connectivity index (χ4v) is 2.95. The lowest BCUT2D eigenvalue weighted by atomic mass is 9.89. The van der Waals surface area contributed by atoms with E-state index in [1.807, 2.05) is 4.68 Å². The summed E-state index contributed by atoms with van der Waals surface area (Å²) in [4.78, 5) is 15.6. The molecule has 1 amide bonds. The Morgan fingerprint density at radius 2 is 2.09 bits per heavy atom. The number of hydrogen-bond donors (Lipinski definition) is 1. The zero-order valence-electron chi connectivity index (χ0n) is 14.8. The molecule has 23 heavy (non-hydrogen) atoms. The summed E-state index contributed by atoms with van der Waals surface area (Å²) in [6.07, 6.45) is 1.66. The number of carbonyl (C=O) groups is 1. The van der Waals surface area contributed by atoms with E-state index in [0.717, 1.165) is 18.8 Å². The van der Waals surface area contributed by atoms with Crippen LogP contribution in [0.2, 0.25) is 0 Å². The smallest absolute Gasteiger partial charge is 0.224 e. The first-order valence-corrected chi connectivity index (χ1v) is 8.03. The van der Waals surface area contributed by atoms with Gasteiger partial charge in [0.25, 0.3) is 0 Å². The van der Waals surface area contributed by atoms with Crippen LogP contribution in [-0.4, -0.2) is 73.8 Å². The maximum atomic E-state index is 11.9. The summed E-state index contributed by atoms with van der Waals surface area (Å²) in [5, 5.41) is 22.7. The second-order valence-electron chi connectivity index (χ2n) is 7.68. The molecule has 0 radical (unpaired) electrons. The summed E-state index contributed by atoms with van der Waals surface area (Å²) >= 11 is 0. The van der Waals surface area contributed by atoms with Crippen LogP contribution in [0, 0.1) is 0 Å². The second-order valence-corrected chi connectivity index (χ2v) is 7.68. The first kappa shape index (κ1) is 17.8. The van der Waals surface area contributed by atoms with Crippen molar-refractivity contribution < 1.29 is 9.90 Å². The van der Waals surface area contributed by atoms with Gasteiger partial charge in [-0.2, -0.15) is 0 Å². The van der Waals surface area contributed by atoms with Crippen molar-refractivity contribution in [2.45, 2.75) is 57.7 Å². The molecule has 2 rings (SSSR count). The van der Waals surface area contributed by atoms with Gasteiger partial charge < -0.3 is 10.0 Å². The number of aliphatic hydroxyl groups is 1. The van der Waals surface area contributed by atoms with Crippen LogP contribution < -0.4 is 0 Å². The van der Waals surface area contributed by atoms with E-state index in [1.165, 1.54) is 4.90 Å². The van der Waals surface area contributed by atoms with Gasteiger partial charge in [-0.3, -0.25) is 9.69 Å². The van der Waals surface area contributed by atoms with E-state index < -0.39 is 5.60 Å². The summed E-state index contributed by atoms with van der Waals surface area (Å²) in [6.45, 7) is 8.06. The Morgan fingerprint density at radius 3 is 2.70 bits per heavy atom. The molecule has 130 valence electrons. The number of nitrogens with zero attached hydrogens (tertiary/aromatic N) is 6. The van der Waals surface area contributed by atoms with Crippen molar-refractivity contribution >= 4 is 5.91 Å². The Hall–Kier alpha value is -1.54. The minimum Gasteiger partial charge on any atom is -0.388 e. The van der Waals surface area contributed by atoms with E-state index in [-0.39, 0.29) is 17.9 Å². The van der Waals surface area contributed by atoms with Gasteiger partial charge in [0.15, 0.2) is 5.82 Å². The predicted molar refractivity (Wildman–Crippen MR) is 85.6 cm³/mol. The van der Waals surface area contributed by atoms with Crippen molar-refractivity contribution in [2.24, 2.45) is 0 Å². The molecule has 1 N–H and O–H groups in total. The molecule has 0 bridgehead atoms. The molecule has 1 aliphatic heterocycles. The Morgan fingerprint density at radius 1 is 1.39 bits per heavy atom. The fraction of sp³-hybridized carbons (Fsp3) is 0.867. The topological polar surface area (TPSA) is 87.4 Å². The normalized spacial score (nSPS) is 23.0. The van der Waals surface area contributed by atoms with Crippen molar-refractivity contribution in [1.82, 2.24) is 30.0 Å². The third kappa shape index (κ3) is 4.48. The van der Waals surface area contributed by atoms with Gasteiger partial charge in [0, 0.05) is 20.6 Å². The Balaban J connectivity index is 2.05. The maximum Gasteiger partial charge on any atom is 0.224 e. The highest BCUT2D eigenvalue weighted by Gasteiger charge is 2.36. The van der Waals surface area contributed by atoms with E-state index in [0.29, 0.717) is 19.5 Å². The third-order valence-corrected chi connectivity index (χ3v) is 4.15. The van der Waals surface area contributed by atoms with Crippen LogP contribution in [-0.2, 0) is 16.9 Å². The Bertz CT molecular complexity index is 550. The molecule has 0 aliphatic carbocycles. The summed E-state index contributed by atoms with van der Waals surface area (Å²) in [7, 11) is 3.42. The van der Waals surface area contributed by atoms with E-state index in [4.69, 9.17) is 0 Å². The number of likely N-dealkylation sites (tertiary alicyclic amines) is 1. The number of β-amino-alcohol motifs (C(OH)–C–C–N with tert-alkyl or cyclic N) is 1. The molecule has 1 unspecified atom stereocenters. The van der Waals surface area contributed by atoms with Crippen LogP contribution in [0.15, 0.2) is 0 Å². The molecule has 0 aromatic carbocycles. The first-order chi connectivity index (χ1) is 10.6. The molecule has 1 aromatic heterocycles. The molecule has 8 heteroatoms. The van der Waals surface area contributed by atoms with Gasteiger partial charge in [-0.1, -0.05) is 0 Å². The van der Waals surface area contributed by atoms with Gasteiger partial charge in [-0.25, -0.2) is 4.68 Å². The SMILES string of the molecule is CN(C)C(=O)CC1(O)CCCN(Cc2nnnn2C(C)(C)C)C1. The largest absolute Gasteiger partial charge is 0.388 e. The van der Waals surface area contributed by atoms with Crippen molar-refractivity contribution in [2.75, 3.05) is 27.2 Å². The molecule has 1 aromatic rings. The average Bonchev–Trinajstić information content (AvgIpc) is 2.86. The molecule has 8 nitrogen and oxygen atoms in total. The van der Waals surface area contributed by atoms with Crippen LogP contribution >= 0.6 is 0 Å². The van der Waals surface area contributed by atoms with Crippen LogP contribution in [0.5, 0.6) is 0 Å². The van der Waals surface area contributed by atoms with Crippen molar-refractivity contribution in [1.29, 1.82) is 0 Å². The predicted octanol–water partition coefficient (Wildman–Crippen LogP) is 0.233. The quantitative estimate of drug-likeness (QED) is 0.853. The van der Waals surface area contributed by atoms with Gasteiger partial charge in [-0.05, 0) is 50.6 Å². The van der Waals surface area contributed by atoms with Gasteiger partial charge in [-0.15, -0.1) is 5.10 Å². The van der Waals surface area contributed by atoms with Gasteiger partial charge >= 0.3 is 0 Å². The number of amides is 1. The lowest BCUT2D eigenvalue weighted by Gasteiger charge is -2.39. The van der Waals surface area contributed by atoms with Crippen LogP contribution in [0.4, 0.5) is 0 Å². The van der Waals surface area contributed by atoms with Gasteiger partial charge in [0.1, 0.15) is 0 Å². The lowest BCUT2D eigenvalue weighted by molar-refractivity contribution is -0.136. The number of rotatable bonds is 4. The van der Waals surface area contributed by atoms with E-state index in [9.17, 15) is 9.90 Å². The fourth-order valence-electron chi connectivity index (χ4n) is 2.95. The van der Waals surface area contributed by atoms with E-state index in [1.54, 1.807) is 14.1 Å². The number of carbonyl (C=O) groups excluding carboxylic acids is 1. The molecule has 1 saturated heterocycles. The first-order valence-electron chi connectivity index (χ1n) is 8.03. The van der Waals surface area contributed by atoms with Crippen LogP contribution in [0.3, 0.4) is 0 Å². The van der Waals surface area contributed by atoms with Gasteiger partial charge in [0.2, 0.25) is 5.91 Å². The minimum atomic E-state index is -0.973. The van der Waals surface area contributed by atoms with E-state index >= 15 is 0 Å². The highest BCUT2D eigenvalue weighted by atomic mass is 16.3. The van der Waals surface area contributed by atoms with Crippen molar-refractivity contribution in [3.05, 3.63) is 5.82 Å². The van der Waals surface area contributed by atoms with Crippen LogP contribution in [0.25, 0.3) is 0 Å². The Labute approximate surface area is 137 Å². The average molecular weight is 324 g/mol. The molecule has 1 aliphatic rings. The van der Waals surface area contributed by atoms with Gasteiger partial charge in [0.05, 0.1) is 24.1 Å².